The zero-order valence-electron chi connectivity index (χ0n) is 17.1. The van der Waals surface area contributed by atoms with Crippen molar-refractivity contribution in [1.82, 2.24) is 4.90 Å². The number of benzene rings is 2. The highest BCUT2D eigenvalue weighted by molar-refractivity contribution is 9.10. The Bertz CT molecular complexity index is 1000. The number of ether oxygens (including phenoxy) is 1. The SMILES string of the molecule is CC1(C)C=Cc2cc(C=CC(=O)N3CCN(c4ccc(O)cc4)CC3)cc(Br)c2O1. The third-order valence-electron chi connectivity index (χ3n) is 5.35. The van der Waals surface area contributed by atoms with Crippen LogP contribution < -0.4 is 9.64 Å². The lowest BCUT2D eigenvalue weighted by Gasteiger charge is -2.35. The number of amides is 1. The molecule has 0 aliphatic carbocycles. The van der Waals surface area contributed by atoms with Crippen LogP contribution in [0.5, 0.6) is 11.5 Å². The average Bonchev–Trinajstić information content (AvgIpc) is 2.73. The van der Waals surface area contributed by atoms with Crippen LogP contribution in [0.15, 0.2) is 53.0 Å². The summed E-state index contributed by atoms with van der Waals surface area (Å²) in [6.45, 7) is 6.92. The fraction of sp³-hybridized carbons (Fsp3) is 0.292. The van der Waals surface area contributed by atoms with E-state index in [9.17, 15) is 9.90 Å². The smallest absolute Gasteiger partial charge is 0.246 e. The molecule has 1 N–H and O–H groups in total. The number of fused-ring (bicyclic) bond motifs is 1. The molecule has 0 atom stereocenters. The number of carbonyl (C=O) groups excluding carboxylic acids is 1. The summed E-state index contributed by atoms with van der Waals surface area (Å²) in [7, 11) is 0. The zero-order chi connectivity index (χ0) is 21.3. The molecule has 0 saturated carbocycles. The minimum absolute atomic E-state index is 0.0159. The van der Waals surface area contributed by atoms with Crippen molar-refractivity contribution in [2.24, 2.45) is 0 Å². The number of carbonyl (C=O) groups is 1. The quantitative estimate of drug-likeness (QED) is 0.663. The second-order valence-electron chi connectivity index (χ2n) is 8.12. The van der Waals surface area contributed by atoms with E-state index >= 15 is 0 Å². The predicted molar refractivity (Wildman–Crippen MR) is 124 cm³/mol. The standard InChI is InChI=1S/C24H25BrN2O3/c1-24(2)10-9-18-15-17(16-21(25)23(18)30-24)3-8-22(29)27-13-11-26(12-14-27)19-4-6-20(28)7-5-19/h3-10,15-16,28H,11-14H2,1-2H3. The highest BCUT2D eigenvalue weighted by Crippen LogP contribution is 2.38. The largest absolute Gasteiger partial charge is 0.508 e. The van der Waals surface area contributed by atoms with Crippen molar-refractivity contribution in [3.8, 4) is 11.5 Å². The van der Waals surface area contributed by atoms with Gasteiger partial charge in [0.25, 0.3) is 0 Å². The third-order valence-corrected chi connectivity index (χ3v) is 5.94. The van der Waals surface area contributed by atoms with E-state index in [0.29, 0.717) is 13.1 Å². The Balaban J connectivity index is 1.39. The Morgan fingerprint density at radius 2 is 1.83 bits per heavy atom. The molecule has 1 amide bonds. The summed E-state index contributed by atoms with van der Waals surface area (Å²) in [5.41, 5.74) is 2.68. The maximum atomic E-state index is 12.7. The Morgan fingerprint density at radius 3 is 2.53 bits per heavy atom. The third kappa shape index (κ3) is 4.54. The summed E-state index contributed by atoms with van der Waals surface area (Å²) in [5.74, 6) is 1.11. The molecule has 4 rings (SSSR count). The number of aromatic hydroxyl groups is 1. The van der Waals surface area contributed by atoms with Gasteiger partial charge in [0, 0.05) is 43.5 Å². The van der Waals surface area contributed by atoms with Crippen molar-refractivity contribution in [2.45, 2.75) is 19.4 Å². The van der Waals surface area contributed by atoms with Gasteiger partial charge in [0.1, 0.15) is 17.1 Å². The highest BCUT2D eigenvalue weighted by Gasteiger charge is 2.24. The lowest BCUT2D eigenvalue weighted by atomic mass is 10.0. The van der Waals surface area contributed by atoms with Crippen molar-refractivity contribution >= 4 is 39.7 Å². The number of nitrogens with zero attached hydrogens (tertiary/aromatic N) is 2. The Hall–Kier alpha value is -2.73. The van der Waals surface area contributed by atoms with E-state index < -0.39 is 0 Å². The van der Waals surface area contributed by atoms with E-state index in [-0.39, 0.29) is 17.3 Å². The average molecular weight is 469 g/mol. The normalized spacial score (nSPS) is 17.7. The van der Waals surface area contributed by atoms with E-state index in [1.807, 2.05) is 55.2 Å². The van der Waals surface area contributed by atoms with Crippen LogP contribution in [0, 0.1) is 0 Å². The maximum Gasteiger partial charge on any atom is 0.246 e. The molecule has 0 bridgehead atoms. The number of piperazine rings is 1. The van der Waals surface area contributed by atoms with Gasteiger partial charge in [-0.1, -0.05) is 6.08 Å². The first-order valence-electron chi connectivity index (χ1n) is 10.0. The lowest BCUT2D eigenvalue weighted by Crippen LogP contribution is -2.48. The molecule has 30 heavy (non-hydrogen) atoms. The number of hydrogen-bond acceptors (Lipinski definition) is 4. The molecule has 1 fully saturated rings. The molecule has 2 aliphatic heterocycles. The van der Waals surface area contributed by atoms with E-state index in [0.717, 1.165) is 40.1 Å². The lowest BCUT2D eigenvalue weighted by molar-refractivity contribution is -0.126. The van der Waals surface area contributed by atoms with E-state index in [1.165, 1.54) is 0 Å². The van der Waals surface area contributed by atoms with Crippen LogP contribution in [-0.4, -0.2) is 47.7 Å². The van der Waals surface area contributed by atoms with Gasteiger partial charge in [-0.25, -0.2) is 0 Å². The zero-order valence-corrected chi connectivity index (χ0v) is 18.7. The van der Waals surface area contributed by atoms with Gasteiger partial charge in [-0.05, 0) is 83.9 Å². The van der Waals surface area contributed by atoms with Crippen molar-refractivity contribution in [1.29, 1.82) is 0 Å². The summed E-state index contributed by atoms with van der Waals surface area (Å²) < 4.78 is 6.91. The van der Waals surface area contributed by atoms with Gasteiger partial charge in [0.05, 0.1) is 4.47 Å². The van der Waals surface area contributed by atoms with Crippen molar-refractivity contribution in [3.05, 3.63) is 64.1 Å². The number of halogens is 1. The maximum absolute atomic E-state index is 12.7. The number of anilines is 1. The van der Waals surface area contributed by atoms with E-state index in [1.54, 1.807) is 18.2 Å². The Morgan fingerprint density at radius 1 is 1.13 bits per heavy atom. The Labute approximate surface area is 185 Å². The number of hydrogen-bond donors (Lipinski definition) is 1. The number of phenols is 1. The highest BCUT2D eigenvalue weighted by atomic mass is 79.9. The van der Waals surface area contributed by atoms with Gasteiger partial charge in [-0.2, -0.15) is 0 Å². The Kier molecular flexibility index (Phi) is 5.60. The van der Waals surface area contributed by atoms with E-state index in [4.69, 9.17) is 4.74 Å². The van der Waals surface area contributed by atoms with Crippen LogP contribution >= 0.6 is 15.9 Å². The second kappa shape index (κ2) is 8.19. The second-order valence-corrected chi connectivity index (χ2v) is 8.98. The number of rotatable bonds is 3. The van der Waals surface area contributed by atoms with Crippen LogP contribution in [-0.2, 0) is 4.79 Å². The van der Waals surface area contributed by atoms with Gasteiger partial charge in [-0.15, -0.1) is 0 Å². The first kappa shape index (κ1) is 20.5. The topological polar surface area (TPSA) is 53.0 Å². The van der Waals surface area contributed by atoms with Gasteiger partial charge in [0.15, 0.2) is 0 Å². The minimum Gasteiger partial charge on any atom is -0.508 e. The molecular formula is C24H25BrN2O3. The summed E-state index contributed by atoms with van der Waals surface area (Å²) in [6.07, 6.45) is 7.59. The van der Waals surface area contributed by atoms with Crippen LogP contribution in [0.25, 0.3) is 12.2 Å². The van der Waals surface area contributed by atoms with Gasteiger partial charge in [0.2, 0.25) is 5.91 Å². The van der Waals surface area contributed by atoms with Crippen molar-refractivity contribution in [2.75, 3.05) is 31.1 Å². The molecule has 0 radical (unpaired) electrons. The van der Waals surface area contributed by atoms with Gasteiger partial charge < -0.3 is 19.6 Å². The fourth-order valence-electron chi connectivity index (χ4n) is 3.67. The molecule has 2 aromatic rings. The van der Waals surface area contributed by atoms with Crippen LogP contribution in [0.2, 0.25) is 0 Å². The molecule has 0 unspecified atom stereocenters. The van der Waals surface area contributed by atoms with Gasteiger partial charge in [-0.3, -0.25) is 4.79 Å². The van der Waals surface area contributed by atoms with Crippen LogP contribution in [0.3, 0.4) is 0 Å². The molecule has 0 spiro atoms. The molecule has 2 aromatic carbocycles. The first-order chi connectivity index (χ1) is 14.3. The summed E-state index contributed by atoms with van der Waals surface area (Å²) in [6, 6.07) is 11.2. The fourth-order valence-corrected chi connectivity index (χ4v) is 4.25. The number of phenolic OH excluding ortho intramolecular Hbond substituents is 1. The molecule has 5 nitrogen and oxygen atoms in total. The molecule has 156 valence electrons. The predicted octanol–water partition coefficient (Wildman–Crippen LogP) is 4.70. The molecular weight excluding hydrogens is 444 g/mol. The van der Waals surface area contributed by atoms with Crippen molar-refractivity contribution < 1.29 is 14.6 Å². The van der Waals surface area contributed by atoms with Gasteiger partial charge >= 0.3 is 0 Å². The van der Waals surface area contributed by atoms with Crippen molar-refractivity contribution in [3.63, 3.8) is 0 Å². The summed E-state index contributed by atoms with van der Waals surface area (Å²) >= 11 is 3.59. The monoisotopic (exact) mass is 468 g/mol. The van der Waals surface area contributed by atoms with Crippen LogP contribution in [0.1, 0.15) is 25.0 Å². The molecule has 6 heteroatoms. The molecule has 0 aromatic heterocycles. The molecule has 2 heterocycles. The van der Waals surface area contributed by atoms with Crippen LogP contribution in [0.4, 0.5) is 5.69 Å². The molecule has 1 saturated heterocycles. The molecule has 2 aliphatic rings. The first-order valence-corrected chi connectivity index (χ1v) is 10.8. The summed E-state index contributed by atoms with van der Waals surface area (Å²) in [4.78, 5) is 16.7. The summed E-state index contributed by atoms with van der Waals surface area (Å²) in [5, 5.41) is 9.44. The van der Waals surface area contributed by atoms with E-state index in [2.05, 4.69) is 26.9 Å². The minimum atomic E-state index is -0.328.